The second kappa shape index (κ2) is 5.44. The molecule has 0 unspecified atom stereocenters. The third-order valence-electron chi connectivity index (χ3n) is 4.72. The molecule has 21 heavy (non-hydrogen) atoms. The number of hydrogen-bond donors (Lipinski definition) is 2. The number of nitrogens with zero attached hydrogens (tertiary/aromatic N) is 3. The van der Waals surface area contributed by atoms with Gasteiger partial charge in [0.05, 0.1) is 5.69 Å². The highest BCUT2D eigenvalue weighted by atomic mass is 35.5. The van der Waals surface area contributed by atoms with Gasteiger partial charge in [-0.2, -0.15) is 0 Å². The zero-order valence-electron chi connectivity index (χ0n) is 12.4. The molecule has 5 nitrogen and oxygen atoms in total. The molecule has 2 heterocycles. The monoisotopic (exact) mass is 307 g/mol. The largest absolute Gasteiger partial charge is 0.339 e. The van der Waals surface area contributed by atoms with E-state index in [4.69, 9.17) is 10.4 Å². The van der Waals surface area contributed by atoms with Crippen molar-refractivity contribution in [3.8, 4) is 0 Å². The Bertz CT molecular complexity index is 707. The topological polar surface area (TPSA) is 70.3 Å². The van der Waals surface area contributed by atoms with Crippen molar-refractivity contribution in [1.82, 2.24) is 19.5 Å². The number of hydrogen-bond acceptors (Lipinski definition) is 3. The van der Waals surface area contributed by atoms with Crippen molar-refractivity contribution in [2.45, 2.75) is 63.8 Å². The van der Waals surface area contributed by atoms with Gasteiger partial charge in [-0.05, 0) is 32.6 Å². The Morgan fingerprint density at radius 3 is 2.48 bits per heavy atom. The SMILES string of the molecule is CCn1c(=N)nc(C2CCCC2)c2[nH]c(C3CC3)nc21.Cl. The Morgan fingerprint density at radius 1 is 1.14 bits per heavy atom. The molecule has 0 amide bonds. The molecule has 2 saturated carbocycles. The number of aromatic nitrogens is 4. The fraction of sp³-hybridized carbons (Fsp3) is 0.667. The molecule has 0 radical (unpaired) electrons. The molecule has 0 aliphatic heterocycles. The standard InChI is InChI=1S/C15H21N5.ClH/c1-2-20-14-12(17-13(19-14)10-7-8-10)11(18-15(20)16)9-5-3-4-6-9;/h9-10,16H,2-8H2,1H3,(H,17,19);1H. The summed E-state index contributed by atoms with van der Waals surface area (Å²) in [5, 5.41) is 8.19. The second-order valence-electron chi connectivity index (χ2n) is 6.14. The molecule has 2 aromatic rings. The number of aromatic amines is 1. The van der Waals surface area contributed by atoms with Crippen LogP contribution in [0.3, 0.4) is 0 Å². The van der Waals surface area contributed by atoms with E-state index in [9.17, 15) is 0 Å². The first-order chi connectivity index (χ1) is 9.78. The quantitative estimate of drug-likeness (QED) is 0.914. The highest BCUT2D eigenvalue weighted by molar-refractivity contribution is 5.85. The average molecular weight is 308 g/mol. The maximum absolute atomic E-state index is 8.19. The summed E-state index contributed by atoms with van der Waals surface area (Å²) >= 11 is 0. The van der Waals surface area contributed by atoms with E-state index in [0.29, 0.717) is 17.5 Å². The van der Waals surface area contributed by atoms with Gasteiger partial charge < -0.3 is 4.98 Å². The molecule has 2 aliphatic rings. The molecule has 0 bridgehead atoms. The van der Waals surface area contributed by atoms with Gasteiger partial charge in [0.25, 0.3) is 0 Å². The average Bonchev–Trinajstić information content (AvgIpc) is 2.99. The van der Waals surface area contributed by atoms with Gasteiger partial charge >= 0.3 is 0 Å². The summed E-state index contributed by atoms with van der Waals surface area (Å²) in [7, 11) is 0. The van der Waals surface area contributed by atoms with Crippen LogP contribution in [0.1, 0.15) is 68.8 Å². The number of H-pyrrole nitrogens is 1. The lowest BCUT2D eigenvalue weighted by molar-refractivity contribution is 0.646. The van der Waals surface area contributed by atoms with Gasteiger partial charge in [0.1, 0.15) is 11.3 Å². The summed E-state index contributed by atoms with van der Waals surface area (Å²) < 4.78 is 1.91. The lowest BCUT2D eigenvalue weighted by Crippen LogP contribution is -2.25. The van der Waals surface area contributed by atoms with Gasteiger partial charge in [0.15, 0.2) is 5.65 Å². The molecule has 2 fully saturated rings. The summed E-state index contributed by atoms with van der Waals surface area (Å²) in [6, 6.07) is 0. The van der Waals surface area contributed by atoms with Crippen LogP contribution in [-0.4, -0.2) is 19.5 Å². The van der Waals surface area contributed by atoms with Crippen LogP contribution >= 0.6 is 12.4 Å². The minimum atomic E-state index is 0. The molecule has 2 aliphatic carbocycles. The first kappa shape index (κ1) is 14.6. The highest BCUT2D eigenvalue weighted by Gasteiger charge is 2.29. The number of nitrogens with one attached hydrogen (secondary N) is 2. The van der Waals surface area contributed by atoms with Crippen molar-refractivity contribution >= 4 is 23.6 Å². The predicted molar refractivity (Wildman–Crippen MR) is 83.8 cm³/mol. The number of aryl methyl sites for hydroxylation is 1. The van der Waals surface area contributed by atoms with Crippen LogP contribution in [-0.2, 0) is 6.54 Å². The second-order valence-corrected chi connectivity index (χ2v) is 6.14. The first-order valence-corrected chi connectivity index (χ1v) is 7.83. The molecule has 0 spiro atoms. The van der Waals surface area contributed by atoms with E-state index in [2.05, 4.69) is 16.9 Å². The van der Waals surface area contributed by atoms with Crippen molar-refractivity contribution < 1.29 is 0 Å². The van der Waals surface area contributed by atoms with E-state index in [0.717, 1.165) is 29.2 Å². The molecule has 6 heteroatoms. The molecule has 0 atom stereocenters. The summed E-state index contributed by atoms with van der Waals surface area (Å²) in [6.07, 6.45) is 7.46. The van der Waals surface area contributed by atoms with Crippen LogP contribution in [0.25, 0.3) is 11.2 Å². The summed E-state index contributed by atoms with van der Waals surface area (Å²) in [4.78, 5) is 12.9. The maximum Gasteiger partial charge on any atom is 0.223 e. The zero-order valence-corrected chi connectivity index (χ0v) is 13.2. The number of imidazole rings is 1. The van der Waals surface area contributed by atoms with Gasteiger partial charge in [-0.1, -0.05) is 12.8 Å². The molecule has 2 N–H and O–H groups in total. The Labute approximate surface area is 130 Å². The molecule has 2 aromatic heterocycles. The van der Waals surface area contributed by atoms with Gasteiger partial charge in [-0.25, -0.2) is 9.97 Å². The van der Waals surface area contributed by atoms with Crippen LogP contribution in [0.5, 0.6) is 0 Å². The van der Waals surface area contributed by atoms with Crippen LogP contribution in [0.4, 0.5) is 0 Å². The van der Waals surface area contributed by atoms with Crippen LogP contribution in [0.15, 0.2) is 0 Å². The maximum atomic E-state index is 8.19. The lowest BCUT2D eigenvalue weighted by Gasteiger charge is -2.12. The summed E-state index contributed by atoms with van der Waals surface area (Å²) in [5.41, 5.74) is 3.48. The zero-order chi connectivity index (χ0) is 13.7. The number of fused-ring (bicyclic) bond motifs is 1. The van der Waals surface area contributed by atoms with E-state index < -0.39 is 0 Å². The molecular formula is C15H22ClN5. The van der Waals surface area contributed by atoms with Gasteiger partial charge in [-0.15, -0.1) is 12.4 Å². The highest BCUT2D eigenvalue weighted by Crippen LogP contribution is 2.40. The predicted octanol–water partition coefficient (Wildman–Crippen LogP) is 3.22. The van der Waals surface area contributed by atoms with E-state index >= 15 is 0 Å². The van der Waals surface area contributed by atoms with E-state index in [1.807, 2.05) is 4.57 Å². The van der Waals surface area contributed by atoms with Crippen molar-refractivity contribution in [1.29, 1.82) is 5.41 Å². The van der Waals surface area contributed by atoms with Gasteiger partial charge in [-0.3, -0.25) is 9.98 Å². The number of rotatable bonds is 3. The first-order valence-electron chi connectivity index (χ1n) is 7.83. The van der Waals surface area contributed by atoms with E-state index in [1.54, 1.807) is 0 Å². The van der Waals surface area contributed by atoms with E-state index in [1.165, 1.54) is 38.5 Å². The van der Waals surface area contributed by atoms with Crippen molar-refractivity contribution in [2.24, 2.45) is 0 Å². The normalized spacial score (nSPS) is 19.1. The minimum absolute atomic E-state index is 0. The lowest BCUT2D eigenvalue weighted by atomic mass is 10.0. The Kier molecular flexibility index (Phi) is 3.78. The Hall–Kier alpha value is -1.36. The third kappa shape index (κ3) is 2.37. The Morgan fingerprint density at radius 2 is 1.86 bits per heavy atom. The minimum Gasteiger partial charge on any atom is -0.339 e. The van der Waals surface area contributed by atoms with Crippen LogP contribution in [0, 0.1) is 5.41 Å². The molecular weight excluding hydrogens is 286 g/mol. The van der Waals surface area contributed by atoms with Crippen molar-refractivity contribution in [3.63, 3.8) is 0 Å². The molecule has 4 rings (SSSR count). The van der Waals surface area contributed by atoms with E-state index in [-0.39, 0.29) is 12.4 Å². The fourth-order valence-electron chi connectivity index (χ4n) is 3.43. The molecule has 0 aromatic carbocycles. The van der Waals surface area contributed by atoms with Gasteiger partial charge in [0, 0.05) is 18.4 Å². The van der Waals surface area contributed by atoms with Crippen molar-refractivity contribution in [3.05, 3.63) is 17.1 Å². The van der Waals surface area contributed by atoms with Gasteiger partial charge in [0.2, 0.25) is 5.62 Å². The summed E-state index contributed by atoms with van der Waals surface area (Å²) in [6.45, 7) is 2.81. The van der Waals surface area contributed by atoms with Crippen molar-refractivity contribution in [2.75, 3.05) is 0 Å². The third-order valence-corrected chi connectivity index (χ3v) is 4.72. The summed E-state index contributed by atoms with van der Waals surface area (Å²) in [5.74, 6) is 2.23. The smallest absolute Gasteiger partial charge is 0.223 e. The van der Waals surface area contributed by atoms with Crippen LogP contribution in [0.2, 0.25) is 0 Å². The van der Waals surface area contributed by atoms with Crippen LogP contribution < -0.4 is 5.62 Å². The fourth-order valence-corrected chi connectivity index (χ4v) is 3.43. The Balaban J connectivity index is 0.00000132. The molecule has 0 saturated heterocycles. The number of halogens is 1. The molecule has 114 valence electrons.